The largest absolute Gasteiger partial charge is 0.358 e. The van der Waals surface area contributed by atoms with Gasteiger partial charge in [-0.25, -0.2) is 0 Å². The molecule has 14 heteroatoms. The SMILES string of the molecule is [B]C1CC(=O)N([B])C(=O)C1N1Cc2cc(C([B])([B])NC(=O)C(F)(F)c3ccc(Cl)cc3)ccc2C1=O. The number of imide groups is 1. The quantitative estimate of drug-likeness (QED) is 0.486. The minimum Gasteiger partial charge on any atom is -0.358 e. The van der Waals surface area contributed by atoms with Gasteiger partial charge in [-0.05, 0) is 40.5 Å². The van der Waals surface area contributed by atoms with Gasteiger partial charge in [0.25, 0.3) is 11.8 Å². The van der Waals surface area contributed by atoms with E-state index in [0.29, 0.717) is 10.4 Å². The summed E-state index contributed by atoms with van der Waals surface area (Å²) in [4.78, 5) is 51.3. The average Bonchev–Trinajstić information content (AvgIpc) is 3.13. The van der Waals surface area contributed by atoms with Crippen LogP contribution in [0.5, 0.6) is 0 Å². The summed E-state index contributed by atoms with van der Waals surface area (Å²) >= 11 is 5.71. The number of piperidine rings is 1. The third-order valence-corrected chi connectivity index (χ3v) is 6.39. The topological polar surface area (TPSA) is 86.8 Å². The van der Waals surface area contributed by atoms with Gasteiger partial charge in [-0.15, -0.1) is 0 Å². The molecule has 1 N–H and O–H groups in total. The monoisotopic (exact) mass is 501 g/mol. The minimum atomic E-state index is -3.97. The highest BCUT2D eigenvalue weighted by molar-refractivity contribution is 6.40. The van der Waals surface area contributed by atoms with Crippen LogP contribution in [0, 0.1) is 0 Å². The molecular weight excluding hydrogens is 487 g/mol. The number of nitrogens with zero attached hydrogens (tertiary/aromatic N) is 2. The highest BCUT2D eigenvalue weighted by Gasteiger charge is 2.46. The van der Waals surface area contributed by atoms with Crippen molar-refractivity contribution < 1.29 is 28.0 Å². The van der Waals surface area contributed by atoms with Crippen molar-refractivity contribution in [3.8, 4) is 0 Å². The van der Waals surface area contributed by atoms with E-state index < -0.39 is 52.3 Å². The van der Waals surface area contributed by atoms with Gasteiger partial charge in [0.05, 0.1) is 23.5 Å². The molecule has 2 aliphatic heterocycles. The third kappa shape index (κ3) is 4.45. The van der Waals surface area contributed by atoms with E-state index in [9.17, 15) is 28.0 Å². The zero-order chi connectivity index (χ0) is 26.6. The third-order valence-electron chi connectivity index (χ3n) is 6.14. The summed E-state index contributed by atoms with van der Waals surface area (Å²) < 4.78 is 29.4. The Balaban J connectivity index is 1.55. The Morgan fingerprint density at radius 1 is 1.06 bits per heavy atom. The molecule has 4 rings (SSSR count). The van der Waals surface area contributed by atoms with E-state index in [4.69, 9.17) is 43.1 Å². The van der Waals surface area contributed by atoms with Gasteiger partial charge < -0.3 is 15.0 Å². The van der Waals surface area contributed by atoms with Crippen LogP contribution in [0.2, 0.25) is 10.8 Å². The predicted molar refractivity (Wildman–Crippen MR) is 129 cm³/mol. The number of halogens is 3. The maximum atomic E-state index is 14.7. The fourth-order valence-corrected chi connectivity index (χ4v) is 4.30. The first kappa shape index (κ1) is 26.0. The van der Waals surface area contributed by atoms with Crippen molar-refractivity contribution >= 4 is 66.7 Å². The van der Waals surface area contributed by atoms with E-state index in [-0.39, 0.29) is 29.1 Å². The van der Waals surface area contributed by atoms with Crippen LogP contribution in [-0.4, -0.2) is 70.9 Å². The molecule has 0 aromatic heterocycles. The van der Waals surface area contributed by atoms with Crippen LogP contribution >= 0.6 is 11.6 Å². The lowest BCUT2D eigenvalue weighted by molar-refractivity contribution is -0.147. The van der Waals surface area contributed by atoms with Gasteiger partial charge in [0.2, 0.25) is 19.8 Å². The Kier molecular flexibility index (Phi) is 6.58. The molecule has 2 aromatic carbocycles. The van der Waals surface area contributed by atoms with Gasteiger partial charge in [0.1, 0.15) is 6.04 Å². The van der Waals surface area contributed by atoms with Crippen LogP contribution < -0.4 is 5.32 Å². The molecule has 0 bridgehead atoms. The number of hydrogen-bond donors (Lipinski definition) is 1. The molecule has 0 aliphatic carbocycles. The fourth-order valence-electron chi connectivity index (χ4n) is 4.18. The van der Waals surface area contributed by atoms with Crippen molar-refractivity contribution in [3.63, 3.8) is 0 Å². The van der Waals surface area contributed by atoms with Crippen molar-refractivity contribution in [1.29, 1.82) is 0 Å². The molecule has 4 amide bonds. The number of fused-ring (bicyclic) bond motifs is 1. The molecule has 36 heavy (non-hydrogen) atoms. The summed E-state index contributed by atoms with van der Waals surface area (Å²) in [7, 11) is 23.4. The van der Waals surface area contributed by atoms with Crippen LogP contribution in [0.15, 0.2) is 42.5 Å². The maximum Gasteiger partial charge on any atom is 0.349 e. The Morgan fingerprint density at radius 2 is 1.67 bits per heavy atom. The summed E-state index contributed by atoms with van der Waals surface area (Å²) in [5.74, 6) is -8.74. The number of rotatable bonds is 5. The second-order valence-corrected chi connectivity index (χ2v) is 9.06. The van der Waals surface area contributed by atoms with Crippen LogP contribution in [0.4, 0.5) is 8.78 Å². The number of amides is 4. The smallest absolute Gasteiger partial charge is 0.349 e. The number of alkyl halides is 2. The molecule has 8 radical (unpaired) electrons. The first-order valence-corrected chi connectivity index (χ1v) is 11.0. The first-order valence-electron chi connectivity index (χ1n) is 10.6. The summed E-state index contributed by atoms with van der Waals surface area (Å²) in [6.45, 7) is -0.112. The van der Waals surface area contributed by atoms with Gasteiger partial charge in [-0.1, -0.05) is 35.9 Å². The molecule has 2 aliphatic rings. The maximum absolute atomic E-state index is 14.7. The van der Waals surface area contributed by atoms with Crippen molar-refractivity contribution in [1.82, 2.24) is 15.0 Å². The average molecular weight is 501 g/mol. The molecule has 1 saturated heterocycles. The molecule has 2 heterocycles. The first-order chi connectivity index (χ1) is 16.7. The number of carbonyl (C=O) groups is 4. The van der Waals surface area contributed by atoms with Crippen LogP contribution in [-0.2, 0) is 32.2 Å². The van der Waals surface area contributed by atoms with E-state index in [1.165, 1.54) is 30.3 Å². The second-order valence-electron chi connectivity index (χ2n) is 8.62. The van der Waals surface area contributed by atoms with E-state index in [1.54, 1.807) is 0 Å². The summed E-state index contributed by atoms with van der Waals surface area (Å²) in [5, 5.41) is -0.0988. The van der Waals surface area contributed by atoms with E-state index in [2.05, 4.69) is 0 Å². The lowest BCUT2D eigenvalue weighted by Gasteiger charge is -2.38. The number of benzene rings is 2. The number of carbonyl (C=O) groups excluding carboxylic acids is 4. The van der Waals surface area contributed by atoms with Gasteiger partial charge >= 0.3 is 5.92 Å². The molecule has 7 nitrogen and oxygen atoms in total. The van der Waals surface area contributed by atoms with E-state index in [1.807, 2.05) is 5.32 Å². The Hall–Kier alpha value is -3.07. The molecular formula is C22H14B4ClF2N3O4. The normalized spacial score (nSPS) is 20.5. The highest BCUT2D eigenvalue weighted by atomic mass is 35.5. The molecule has 2 atom stereocenters. The lowest BCUT2D eigenvalue weighted by atomic mass is 9.57. The standard InChI is InChI=1S/C22H14B4ClF2N3O4/c23-15-8-16(33)32(26)19(35)17(15)31-9-10-7-12(3-6-14(10)18(31)34)22(24,25)30-20(36)21(28,29)11-1-4-13(27)5-2-11/h1-7,15,17H,8-9H2,(H,30,36). The predicted octanol–water partition coefficient (Wildman–Crippen LogP) is 0.819. The molecule has 0 spiro atoms. The van der Waals surface area contributed by atoms with E-state index in [0.717, 1.165) is 17.0 Å². The van der Waals surface area contributed by atoms with Gasteiger partial charge in [-0.3, -0.25) is 19.2 Å². The number of hydrogen-bond acceptors (Lipinski definition) is 4. The zero-order valence-electron chi connectivity index (χ0n) is 18.6. The molecule has 1 fully saturated rings. The van der Waals surface area contributed by atoms with Crippen molar-refractivity contribution in [3.05, 3.63) is 69.7 Å². The van der Waals surface area contributed by atoms with Crippen molar-refractivity contribution in [2.75, 3.05) is 0 Å². The molecule has 2 unspecified atom stereocenters. The molecule has 2 aromatic rings. The van der Waals surface area contributed by atoms with E-state index >= 15 is 0 Å². The van der Waals surface area contributed by atoms with Gasteiger partial charge in [0.15, 0.2) is 0 Å². The van der Waals surface area contributed by atoms with Crippen LogP contribution in [0.25, 0.3) is 0 Å². The van der Waals surface area contributed by atoms with Crippen molar-refractivity contribution in [2.24, 2.45) is 0 Å². The van der Waals surface area contributed by atoms with Gasteiger partial charge in [-0.2, -0.15) is 8.78 Å². The minimum absolute atomic E-state index is 0.0195. The Morgan fingerprint density at radius 3 is 2.31 bits per heavy atom. The summed E-state index contributed by atoms with van der Waals surface area (Å²) in [5.41, 5.74) is -0.0489. The zero-order valence-corrected chi connectivity index (χ0v) is 19.3. The van der Waals surface area contributed by atoms with Crippen molar-refractivity contribution in [2.45, 2.75) is 36.1 Å². The summed E-state index contributed by atoms with van der Waals surface area (Å²) in [6, 6.07) is 7.23. The van der Waals surface area contributed by atoms with Crippen LogP contribution in [0.1, 0.15) is 33.5 Å². The Labute approximate surface area is 215 Å². The fraction of sp³-hybridized carbons (Fsp3) is 0.273. The highest BCUT2D eigenvalue weighted by Crippen LogP contribution is 2.35. The Bertz CT molecular complexity index is 1280. The second kappa shape index (κ2) is 9.10. The summed E-state index contributed by atoms with van der Waals surface area (Å²) in [6.07, 6.45) is -0.235. The number of nitrogens with one attached hydrogen (secondary N) is 1. The van der Waals surface area contributed by atoms with Gasteiger partial charge in [0, 0.05) is 29.1 Å². The molecule has 0 saturated carbocycles. The lowest BCUT2D eigenvalue weighted by Crippen LogP contribution is -2.56. The molecule has 174 valence electrons. The van der Waals surface area contributed by atoms with Crippen LogP contribution in [0.3, 0.4) is 0 Å².